The number of carboxylic acids is 1. The highest BCUT2D eigenvalue weighted by Gasteiger charge is 2.20. The summed E-state index contributed by atoms with van der Waals surface area (Å²) in [6.45, 7) is 0. The Hall–Kier alpha value is -3.66. The Labute approximate surface area is 130 Å². The summed E-state index contributed by atoms with van der Waals surface area (Å²) >= 11 is 0. The molecular weight excluding hydrogens is 296 g/mol. The molecule has 23 heavy (non-hydrogen) atoms. The van der Waals surface area contributed by atoms with Crippen LogP contribution in [0.4, 0.5) is 0 Å². The lowest BCUT2D eigenvalue weighted by molar-refractivity contribution is 0.0689. The Bertz CT molecular complexity index is 949. The maximum Gasteiger partial charge on any atom is 0.355 e. The third-order valence-corrected chi connectivity index (χ3v) is 3.24. The smallest absolute Gasteiger partial charge is 0.355 e. The highest BCUT2D eigenvalue weighted by molar-refractivity contribution is 5.99. The van der Waals surface area contributed by atoms with Crippen LogP contribution in [0.15, 0.2) is 42.6 Å². The number of rotatable bonds is 3. The lowest BCUT2D eigenvalue weighted by Crippen LogP contribution is -2.06. The van der Waals surface area contributed by atoms with Crippen LogP contribution in [-0.2, 0) is 0 Å². The second-order valence-electron chi connectivity index (χ2n) is 4.64. The minimum atomic E-state index is -1.30. The van der Waals surface area contributed by atoms with E-state index in [4.69, 9.17) is 5.11 Å². The molecule has 0 saturated heterocycles. The quantitative estimate of drug-likeness (QED) is 0.505. The van der Waals surface area contributed by atoms with E-state index >= 15 is 0 Å². The molecule has 3 aromatic rings. The SMILES string of the molecule is N#C/C(=C(/O)c1cccnc1C(=O)O)c1nc2ccccc2[nH]1. The number of hydrogen-bond acceptors (Lipinski definition) is 5. The molecule has 7 nitrogen and oxygen atoms in total. The zero-order chi connectivity index (χ0) is 16.4. The van der Waals surface area contributed by atoms with Crippen molar-refractivity contribution < 1.29 is 15.0 Å². The van der Waals surface area contributed by atoms with Crippen LogP contribution in [0.1, 0.15) is 21.9 Å². The zero-order valence-corrected chi connectivity index (χ0v) is 11.7. The van der Waals surface area contributed by atoms with Gasteiger partial charge in [-0.15, -0.1) is 0 Å². The molecule has 1 aromatic carbocycles. The van der Waals surface area contributed by atoms with E-state index in [1.54, 1.807) is 18.2 Å². The molecular formula is C16H10N4O3. The van der Waals surface area contributed by atoms with Gasteiger partial charge in [-0.05, 0) is 24.3 Å². The number of nitrogens with one attached hydrogen (secondary N) is 1. The van der Waals surface area contributed by atoms with Crippen molar-refractivity contribution in [2.75, 3.05) is 0 Å². The van der Waals surface area contributed by atoms with E-state index in [9.17, 15) is 15.2 Å². The van der Waals surface area contributed by atoms with Gasteiger partial charge >= 0.3 is 5.97 Å². The van der Waals surface area contributed by atoms with Gasteiger partial charge in [0.05, 0.1) is 16.6 Å². The lowest BCUT2D eigenvalue weighted by atomic mass is 10.1. The van der Waals surface area contributed by atoms with Gasteiger partial charge in [0.25, 0.3) is 0 Å². The molecule has 0 aliphatic rings. The van der Waals surface area contributed by atoms with E-state index in [1.807, 2.05) is 12.1 Å². The number of carboxylic acid groups (broad SMARTS) is 1. The third-order valence-electron chi connectivity index (χ3n) is 3.24. The largest absolute Gasteiger partial charge is 0.506 e. The minimum Gasteiger partial charge on any atom is -0.506 e. The molecule has 0 unspecified atom stereocenters. The number of H-pyrrole nitrogens is 1. The predicted octanol–water partition coefficient (Wildman–Crippen LogP) is 2.61. The highest BCUT2D eigenvalue weighted by Crippen LogP contribution is 2.25. The standard InChI is InChI=1S/C16H10N4O3/c17-8-10(15-19-11-5-1-2-6-12(11)20-15)14(21)9-4-3-7-18-13(9)16(22)23/h1-7,21H,(H,19,20)(H,22,23)/b14-10-. The molecule has 0 fully saturated rings. The fourth-order valence-electron chi connectivity index (χ4n) is 2.19. The number of aromatic carboxylic acids is 1. The van der Waals surface area contributed by atoms with Gasteiger partial charge in [0.1, 0.15) is 17.4 Å². The van der Waals surface area contributed by atoms with Crippen molar-refractivity contribution in [2.45, 2.75) is 0 Å². The summed E-state index contributed by atoms with van der Waals surface area (Å²) in [7, 11) is 0. The van der Waals surface area contributed by atoms with Gasteiger partial charge in [-0.3, -0.25) is 0 Å². The van der Waals surface area contributed by atoms with Crippen LogP contribution < -0.4 is 0 Å². The topological polar surface area (TPSA) is 123 Å². The van der Waals surface area contributed by atoms with E-state index in [-0.39, 0.29) is 22.7 Å². The number of aromatic amines is 1. The van der Waals surface area contributed by atoms with Crippen molar-refractivity contribution in [3.63, 3.8) is 0 Å². The summed E-state index contributed by atoms with van der Waals surface area (Å²) in [4.78, 5) is 22.1. The predicted molar refractivity (Wildman–Crippen MR) is 82.3 cm³/mol. The Morgan fingerprint density at radius 3 is 2.65 bits per heavy atom. The number of aromatic nitrogens is 3. The average Bonchev–Trinajstić information content (AvgIpc) is 2.99. The van der Waals surface area contributed by atoms with Crippen LogP contribution in [-0.4, -0.2) is 31.1 Å². The fourth-order valence-corrected chi connectivity index (χ4v) is 2.19. The van der Waals surface area contributed by atoms with E-state index < -0.39 is 11.7 Å². The van der Waals surface area contributed by atoms with Crippen molar-refractivity contribution in [1.29, 1.82) is 5.26 Å². The number of nitriles is 1. The van der Waals surface area contributed by atoms with E-state index in [1.165, 1.54) is 18.3 Å². The number of imidazole rings is 1. The molecule has 0 atom stereocenters. The van der Waals surface area contributed by atoms with Gasteiger partial charge in [-0.1, -0.05) is 12.1 Å². The molecule has 0 saturated carbocycles. The zero-order valence-electron chi connectivity index (χ0n) is 11.7. The average molecular weight is 306 g/mol. The first-order valence-electron chi connectivity index (χ1n) is 6.59. The number of benzene rings is 1. The summed E-state index contributed by atoms with van der Waals surface area (Å²) in [6, 6.07) is 11.9. The summed E-state index contributed by atoms with van der Waals surface area (Å²) < 4.78 is 0. The molecule has 0 aliphatic heterocycles. The van der Waals surface area contributed by atoms with Crippen molar-refractivity contribution in [1.82, 2.24) is 15.0 Å². The number of aliphatic hydroxyl groups excluding tert-OH is 1. The maximum absolute atomic E-state index is 11.2. The third kappa shape index (κ3) is 2.49. The Morgan fingerprint density at radius 1 is 1.17 bits per heavy atom. The first-order chi connectivity index (χ1) is 11.1. The molecule has 0 amide bonds. The first kappa shape index (κ1) is 14.3. The van der Waals surface area contributed by atoms with Crippen LogP contribution in [0.25, 0.3) is 22.4 Å². The van der Waals surface area contributed by atoms with Gasteiger partial charge in [-0.2, -0.15) is 5.26 Å². The van der Waals surface area contributed by atoms with Crippen molar-refractivity contribution in [3.8, 4) is 6.07 Å². The maximum atomic E-state index is 11.2. The number of fused-ring (bicyclic) bond motifs is 1. The fraction of sp³-hybridized carbons (Fsp3) is 0. The molecule has 0 spiro atoms. The number of pyridine rings is 1. The summed E-state index contributed by atoms with van der Waals surface area (Å²) in [5.74, 6) is -1.63. The highest BCUT2D eigenvalue weighted by atomic mass is 16.4. The molecule has 2 heterocycles. The Kier molecular flexibility index (Phi) is 3.49. The molecule has 2 aromatic heterocycles. The first-order valence-corrected chi connectivity index (χ1v) is 6.59. The molecule has 112 valence electrons. The molecule has 0 bridgehead atoms. The Balaban J connectivity index is 2.21. The van der Waals surface area contributed by atoms with Crippen molar-refractivity contribution in [3.05, 3.63) is 59.7 Å². The molecule has 3 N–H and O–H groups in total. The normalized spacial score (nSPS) is 11.8. The number of carbonyl (C=O) groups is 1. The second-order valence-corrected chi connectivity index (χ2v) is 4.64. The van der Waals surface area contributed by atoms with Crippen molar-refractivity contribution in [2.24, 2.45) is 0 Å². The van der Waals surface area contributed by atoms with Gasteiger partial charge < -0.3 is 15.2 Å². The molecule has 3 rings (SSSR count). The number of hydrogen-bond donors (Lipinski definition) is 3. The van der Waals surface area contributed by atoms with Crippen LogP contribution in [0, 0.1) is 11.3 Å². The molecule has 0 aliphatic carbocycles. The van der Waals surface area contributed by atoms with Crippen molar-refractivity contribution >= 4 is 28.3 Å². The van der Waals surface area contributed by atoms with E-state index in [2.05, 4.69) is 15.0 Å². The second kappa shape index (κ2) is 5.61. The number of allylic oxidation sites excluding steroid dienone is 1. The van der Waals surface area contributed by atoms with Gasteiger partial charge in [0.2, 0.25) is 0 Å². The summed E-state index contributed by atoms with van der Waals surface area (Å²) in [6.07, 6.45) is 1.30. The van der Waals surface area contributed by atoms with E-state index in [0.717, 1.165) is 0 Å². The monoisotopic (exact) mass is 306 g/mol. The van der Waals surface area contributed by atoms with Crippen LogP contribution >= 0.6 is 0 Å². The number of nitrogens with zero attached hydrogens (tertiary/aromatic N) is 3. The van der Waals surface area contributed by atoms with E-state index in [0.29, 0.717) is 11.0 Å². The van der Waals surface area contributed by atoms with Gasteiger partial charge in [0, 0.05) is 6.20 Å². The minimum absolute atomic E-state index is 0.0444. The summed E-state index contributed by atoms with van der Waals surface area (Å²) in [5, 5.41) is 28.9. The van der Waals surface area contributed by atoms with Crippen LogP contribution in [0.5, 0.6) is 0 Å². The number of aliphatic hydroxyl groups is 1. The lowest BCUT2D eigenvalue weighted by Gasteiger charge is -2.05. The summed E-state index contributed by atoms with van der Waals surface area (Å²) in [5.41, 5.74) is 0.794. The van der Waals surface area contributed by atoms with Crippen LogP contribution in [0.2, 0.25) is 0 Å². The number of para-hydroxylation sites is 2. The van der Waals surface area contributed by atoms with Crippen LogP contribution in [0.3, 0.4) is 0 Å². The molecule has 7 heteroatoms. The van der Waals surface area contributed by atoms with Gasteiger partial charge in [0.15, 0.2) is 11.5 Å². The Morgan fingerprint density at radius 2 is 1.96 bits per heavy atom. The molecule has 0 radical (unpaired) electrons. The van der Waals surface area contributed by atoms with Gasteiger partial charge in [-0.25, -0.2) is 14.8 Å².